The molecule has 0 atom stereocenters. The van der Waals surface area contributed by atoms with E-state index < -0.39 is 15.6 Å². The van der Waals surface area contributed by atoms with Gasteiger partial charge in [0.1, 0.15) is 0 Å². The number of nitrogens with zero attached hydrogens (tertiary/aromatic N) is 1. The van der Waals surface area contributed by atoms with Gasteiger partial charge in [-0.25, -0.2) is 13.1 Å². The largest absolute Gasteiger partial charge is 0.371 e. The summed E-state index contributed by atoms with van der Waals surface area (Å²) in [6, 6.07) is 16.5. The molecule has 1 heterocycles. The van der Waals surface area contributed by atoms with Gasteiger partial charge in [0.2, 0.25) is 15.9 Å². The minimum atomic E-state index is -3.58. The molecule has 0 aromatic heterocycles. The molecule has 0 radical (unpaired) electrons. The molecule has 156 valence electrons. The fraction of sp³-hybridized carbons (Fsp3) is 0.409. The smallest absolute Gasteiger partial charge is 0.241 e. The Morgan fingerprint density at radius 3 is 2.10 bits per heavy atom. The van der Waals surface area contributed by atoms with E-state index in [-0.39, 0.29) is 16.7 Å². The van der Waals surface area contributed by atoms with E-state index in [1.807, 2.05) is 18.2 Å². The molecule has 2 N–H and O–H groups in total. The van der Waals surface area contributed by atoms with Crippen LogP contribution in [-0.4, -0.2) is 33.0 Å². The Labute approximate surface area is 173 Å². The highest BCUT2D eigenvalue weighted by Gasteiger charge is 2.26. The SMILES string of the molecule is CC(C)(C)NS(=O)(=O)c1ccc(NC(=O)C2CCN(c3ccccc3)CC2)cc1. The first-order valence-electron chi connectivity index (χ1n) is 9.89. The topological polar surface area (TPSA) is 78.5 Å². The highest BCUT2D eigenvalue weighted by Crippen LogP contribution is 2.24. The van der Waals surface area contributed by atoms with Crippen LogP contribution in [0.2, 0.25) is 0 Å². The normalized spacial score (nSPS) is 15.9. The van der Waals surface area contributed by atoms with Gasteiger partial charge in [0.15, 0.2) is 0 Å². The van der Waals surface area contributed by atoms with Crippen molar-refractivity contribution in [2.45, 2.75) is 44.0 Å². The lowest BCUT2D eigenvalue weighted by molar-refractivity contribution is -0.120. The Kier molecular flexibility index (Phi) is 6.29. The third-order valence-corrected chi connectivity index (χ3v) is 6.63. The fourth-order valence-electron chi connectivity index (χ4n) is 3.46. The van der Waals surface area contributed by atoms with E-state index in [9.17, 15) is 13.2 Å². The van der Waals surface area contributed by atoms with Gasteiger partial charge >= 0.3 is 0 Å². The van der Waals surface area contributed by atoms with E-state index in [4.69, 9.17) is 0 Å². The molecule has 0 unspecified atom stereocenters. The predicted octanol–water partition coefficient (Wildman–Crippen LogP) is 3.62. The molecule has 2 aromatic rings. The summed E-state index contributed by atoms with van der Waals surface area (Å²) in [5.74, 6) is -0.0536. The van der Waals surface area contributed by atoms with Crippen LogP contribution in [0.5, 0.6) is 0 Å². The maximum absolute atomic E-state index is 12.6. The minimum Gasteiger partial charge on any atom is -0.371 e. The molecule has 0 bridgehead atoms. The second-order valence-corrected chi connectivity index (χ2v) is 10.1. The van der Waals surface area contributed by atoms with Crippen LogP contribution in [-0.2, 0) is 14.8 Å². The van der Waals surface area contributed by atoms with Gasteiger partial charge in [-0.15, -0.1) is 0 Å². The van der Waals surface area contributed by atoms with Gasteiger partial charge in [-0.3, -0.25) is 4.79 Å². The molecule has 0 saturated carbocycles. The number of benzene rings is 2. The van der Waals surface area contributed by atoms with Crippen LogP contribution in [0.1, 0.15) is 33.6 Å². The Morgan fingerprint density at radius 1 is 0.966 bits per heavy atom. The van der Waals surface area contributed by atoms with Crippen LogP contribution in [0.3, 0.4) is 0 Å². The van der Waals surface area contributed by atoms with Gasteiger partial charge in [-0.05, 0) is 70.0 Å². The molecule has 7 heteroatoms. The molecular formula is C22H29N3O3S. The molecule has 0 aliphatic carbocycles. The highest BCUT2D eigenvalue weighted by atomic mass is 32.2. The number of sulfonamides is 1. The van der Waals surface area contributed by atoms with Crippen LogP contribution >= 0.6 is 0 Å². The summed E-state index contributed by atoms with van der Waals surface area (Å²) >= 11 is 0. The standard InChI is InChI=1S/C22H29N3O3S/c1-22(2,3)24-29(27,28)20-11-9-18(10-12-20)23-21(26)17-13-15-25(16-14-17)19-7-5-4-6-8-19/h4-12,17,24H,13-16H2,1-3H3,(H,23,26). The number of carbonyl (C=O) groups is 1. The number of rotatable bonds is 5. The van der Waals surface area contributed by atoms with Crippen molar-refractivity contribution < 1.29 is 13.2 Å². The van der Waals surface area contributed by atoms with Gasteiger partial charge in [0, 0.05) is 35.9 Å². The summed E-state index contributed by atoms with van der Waals surface area (Å²) < 4.78 is 27.4. The first-order chi connectivity index (χ1) is 13.6. The maximum Gasteiger partial charge on any atom is 0.241 e. The van der Waals surface area contributed by atoms with E-state index in [1.54, 1.807) is 32.9 Å². The molecule has 1 saturated heterocycles. The summed E-state index contributed by atoms with van der Waals surface area (Å²) in [6.07, 6.45) is 1.59. The van der Waals surface area contributed by atoms with E-state index in [2.05, 4.69) is 27.1 Å². The number of nitrogens with one attached hydrogen (secondary N) is 2. The quantitative estimate of drug-likeness (QED) is 0.782. The van der Waals surface area contributed by atoms with Crippen molar-refractivity contribution in [3.8, 4) is 0 Å². The van der Waals surface area contributed by atoms with Crippen molar-refractivity contribution in [1.29, 1.82) is 0 Å². The zero-order chi connectivity index (χ0) is 21.1. The lowest BCUT2D eigenvalue weighted by atomic mass is 9.95. The monoisotopic (exact) mass is 415 g/mol. The molecule has 2 aromatic carbocycles. The second-order valence-electron chi connectivity index (χ2n) is 8.47. The van der Waals surface area contributed by atoms with Crippen molar-refractivity contribution in [1.82, 2.24) is 4.72 Å². The van der Waals surface area contributed by atoms with Crippen LogP contribution in [0, 0.1) is 5.92 Å². The Morgan fingerprint density at radius 2 is 1.55 bits per heavy atom. The van der Waals surface area contributed by atoms with E-state index in [0.717, 1.165) is 25.9 Å². The van der Waals surface area contributed by atoms with Gasteiger partial charge in [-0.1, -0.05) is 18.2 Å². The van der Waals surface area contributed by atoms with E-state index in [0.29, 0.717) is 5.69 Å². The zero-order valence-electron chi connectivity index (χ0n) is 17.2. The molecule has 1 aliphatic heterocycles. The molecule has 29 heavy (non-hydrogen) atoms. The Hall–Kier alpha value is -2.38. The summed E-state index contributed by atoms with van der Waals surface area (Å²) in [5, 5.41) is 2.92. The zero-order valence-corrected chi connectivity index (χ0v) is 18.0. The van der Waals surface area contributed by atoms with Gasteiger partial charge in [-0.2, -0.15) is 0 Å². The number of para-hydroxylation sites is 1. The van der Waals surface area contributed by atoms with Crippen molar-refractivity contribution in [3.05, 3.63) is 54.6 Å². The van der Waals surface area contributed by atoms with Gasteiger partial charge in [0.05, 0.1) is 4.90 Å². The second kappa shape index (κ2) is 8.55. The first kappa shape index (κ1) is 21.3. The first-order valence-corrected chi connectivity index (χ1v) is 11.4. The third-order valence-electron chi connectivity index (χ3n) is 4.86. The summed E-state index contributed by atoms with van der Waals surface area (Å²) in [4.78, 5) is 15.1. The van der Waals surface area contributed by atoms with Crippen molar-refractivity contribution >= 4 is 27.3 Å². The fourth-order valence-corrected chi connectivity index (χ4v) is 4.88. The number of amides is 1. The maximum atomic E-state index is 12.6. The molecule has 6 nitrogen and oxygen atoms in total. The average molecular weight is 416 g/mol. The lowest BCUT2D eigenvalue weighted by Crippen LogP contribution is -2.40. The van der Waals surface area contributed by atoms with E-state index >= 15 is 0 Å². The average Bonchev–Trinajstić information content (AvgIpc) is 2.67. The van der Waals surface area contributed by atoms with Crippen LogP contribution in [0.4, 0.5) is 11.4 Å². The number of anilines is 2. The lowest BCUT2D eigenvalue weighted by Gasteiger charge is -2.33. The third kappa shape index (κ3) is 5.81. The minimum absolute atomic E-state index is 0.0128. The van der Waals surface area contributed by atoms with Crippen LogP contribution in [0.25, 0.3) is 0 Å². The van der Waals surface area contributed by atoms with E-state index in [1.165, 1.54) is 17.8 Å². The number of hydrogen-bond donors (Lipinski definition) is 2. The Bertz CT molecular complexity index is 928. The Balaban J connectivity index is 1.56. The van der Waals surface area contributed by atoms with Crippen LogP contribution in [0.15, 0.2) is 59.5 Å². The number of hydrogen-bond acceptors (Lipinski definition) is 4. The van der Waals surface area contributed by atoms with Gasteiger partial charge < -0.3 is 10.2 Å². The van der Waals surface area contributed by atoms with Gasteiger partial charge in [0.25, 0.3) is 0 Å². The molecule has 3 rings (SSSR count). The van der Waals surface area contributed by atoms with Crippen molar-refractivity contribution in [3.63, 3.8) is 0 Å². The predicted molar refractivity (Wildman–Crippen MR) is 117 cm³/mol. The molecule has 1 aliphatic rings. The van der Waals surface area contributed by atoms with Crippen LogP contribution < -0.4 is 14.9 Å². The van der Waals surface area contributed by atoms with Crippen molar-refractivity contribution in [2.24, 2.45) is 5.92 Å². The highest BCUT2D eigenvalue weighted by molar-refractivity contribution is 7.89. The number of piperidine rings is 1. The molecule has 1 fully saturated rings. The molecule has 1 amide bonds. The molecule has 0 spiro atoms. The summed E-state index contributed by atoms with van der Waals surface area (Å²) in [5.41, 5.74) is 1.24. The summed E-state index contributed by atoms with van der Waals surface area (Å²) in [7, 11) is -3.58. The summed E-state index contributed by atoms with van der Waals surface area (Å²) in [6.45, 7) is 7.07. The molecular weight excluding hydrogens is 386 g/mol. The number of carbonyl (C=O) groups excluding carboxylic acids is 1. The van der Waals surface area contributed by atoms with Crippen molar-refractivity contribution in [2.75, 3.05) is 23.3 Å².